The first kappa shape index (κ1) is 12.0. The van der Waals surface area contributed by atoms with Gasteiger partial charge in [0.1, 0.15) is 0 Å². The minimum absolute atomic E-state index is 0.0252. The van der Waals surface area contributed by atoms with E-state index in [2.05, 4.69) is 5.32 Å². The second-order valence-corrected chi connectivity index (χ2v) is 3.95. The Morgan fingerprint density at radius 1 is 0.944 bits per heavy atom. The van der Waals surface area contributed by atoms with E-state index in [1.807, 2.05) is 0 Å². The SMILES string of the molecule is CC(=O)c1ccc(Nc2cccccc2=O)cc1. The van der Waals surface area contributed by atoms with Gasteiger partial charge in [-0.15, -0.1) is 0 Å². The molecule has 2 rings (SSSR count). The van der Waals surface area contributed by atoms with Crippen molar-refractivity contribution in [2.75, 3.05) is 5.32 Å². The van der Waals surface area contributed by atoms with E-state index in [9.17, 15) is 9.59 Å². The number of ketones is 1. The zero-order valence-electron chi connectivity index (χ0n) is 10.0. The largest absolute Gasteiger partial charge is 0.352 e. The van der Waals surface area contributed by atoms with Crippen molar-refractivity contribution in [1.29, 1.82) is 0 Å². The summed E-state index contributed by atoms with van der Waals surface area (Å²) in [6, 6.07) is 15.6. The molecule has 90 valence electrons. The highest BCUT2D eigenvalue weighted by Gasteiger charge is 2.00. The van der Waals surface area contributed by atoms with E-state index in [0.29, 0.717) is 11.3 Å². The average molecular weight is 239 g/mol. The average Bonchev–Trinajstić information content (AvgIpc) is 2.56. The van der Waals surface area contributed by atoms with E-state index in [-0.39, 0.29) is 11.2 Å². The first-order valence-corrected chi connectivity index (χ1v) is 5.64. The van der Waals surface area contributed by atoms with Gasteiger partial charge in [0.25, 0.3) is 0 Å². The Morgan fingerprint density at radius 3 is 2.28 bits per heavy atom. The van der Waals surface area contributed by atoms with Crippen molar-refractivity contribution < 1.29 is 4.79 Å². The van der Waals surface area contributed by atoms with Gasteiger partial charge in [0.2, 0.25) is 5.43 Å². The number of Topliss-reactive ketones (excluding diaryl/α,β-unsaturated/α-hetero) is 1. The summed E-state index contributed by atoms with van der Waals surface area (Å²) in [5.74, 6) is 0.0252. The summed E-state index contributed by atoms with van der Waals surface area (Å²) in [5.41, 5.74) is 1.87. The van der Waals surface area contributed by atoms with Gasteiger partial charge in [-0.05, 0) is 43.3 Å². The Bertz CT molecular complexity index is 618. The minimum atomic E-state index is -0.0735. The number of hydrogen-bond donors (Lipinski definition) is 1. The maximum atomic E-state index is 11.7. The van der Waals surface area contributed by atoms with Crippen LogP contribution in [0, 0.1) is 0 Å². The molecule has 0 aliphatic heterocycles. The minimum Gasteiger partial charge on any atom is -0.352 e. The Labute approximate surface area is 105 Å². The van der Waals surface area contributed by atoms with Crippen LogP contribution in [0.15, 0.2) is 59.4 Å². The van der Waals surface area contributed by atoms with Crippen LogP contribution >= 0.6 is 0 Å². The standard InChI is InChI=1S/C15H13NO2/c1-11(17)12-7-9-13(10-8-12)16-14-5-3-2-4-6-15(14)18/h2-10H,1H3,(H,16,18). The van der Waals surface area contributed by atoms with Crippen molar-refractivity contribution >= 4 is 17.2 Å². The molecule has 0 fully saturated rings. The van der Waals surface area contributed by atoms with Gasteiger partial charge < -0.3 is 5.32 Å². The van der Waals surface area contributed by atoms with E-state index in [4.69, 9.17) is 0 Å². The van der Waals surface area contributed by atoms with Gasteiger partial charge in [-0.2, -0.15) is 0 Å². The van der Waals surface area contributed by atoms with Crippen molar-refractivity contribution in [3.05, 3.63) is 70.4 Å². The molecule has 3 nitrogen and oxygen atoms in total. The summed E-state index contributed by atoms with van der Waals surface area (Å²) in [7, 11) is 0. The Morgan fingerprint density at radius 2 is 1.61 bits per heavy atom. The number of nitrogens with one attached hydrogen (secondary N) is 1. The molecular formula is C15H13NO2. The van der Waals surface area contributed by atoms with Crippen LogP contribution < -0.4 is 10.7 Å². The smallest absolute Gasteiger partial charge is 0.201 e. The van der Waals surface area contributed by atoms with E-state index in [1.54, 1.807) is 48.5 Å². The maximum Gasteiger partial charge on any atom is 0.201 e. The van der Waals surface area contributed by atoms with Crippen LogP contribution in [-0.2, 0) is 0 Å². The van der Waals surface area contributed by atoms with E-state index >= 15 is 0 Å². The number of carbonyl (C=O) groups is 1. The molecule has 0 aliphatic carbocycles. The van der Waals surface area contributed by atoms with Crippen LogP contribution in [0.4, 0.5) is 11.4 Å². The predicted octanol–water partition coefficient (Wildman–Crippen LogP) is 2.99. The number of carbonyl (C=O) groups excluding carboxylic acids is 1. The summed E-state index contributed by atoms with van der Waals surface area (Å²) in [6.07, 6.45) is 0. The van der Waals surface area contributed by atoms with Gasteiger partial charge in [0, 0.05) is 11.3 Å². The summed E-state index contributed by atoms with van der Waals surface area (Å²) >= 11 is 0. The molecule has 0 saturated carbocycles. The third kappa shape index (κ3) is 2.83. The van der Waals surface area contributed by atoms with Gasteiger partial charge in [0.15, 0.2) is 5.78 Å². The molecule has 2 aromatic carbocycles. The third-order valence-electron chi connectivity index (χ3n) is 2.57. The van der Waals surface area contributed by atoms with Crippen LogP contribution in [0.3, 0.4) is 0 Å². The monoisotopic (exact) mass is 239 g/mol. The van der Waals surface area contributed by atoms with E-state index in [0.717, 1.165) is 5.69 Å². The van der Waals surface area contributed by atoms with Crippen LogP contribution in [0.5, 0.6) is 0 Å². The van der Waals surface area contributed by atoms with Crippen molar-refractivity contribution in [3.63, 3.8) is 0 Å². The second kappa shape index (κ2) is 5.27. The van der Waals surface area contributed by atoms with Crippen LogP contribution in [0.1, 0.15) is 17.3 Å². The van der Waals surface area contributed by atoms with Gasteiger partial charge in [-0.3, -0.25) is 9.59 Å². The molecule has 2 aromatic rings. The zero-order valence-corrected chi connectivity index (χ0v) is 10.0. The summed E-state index contributed by atoms with van der Waals surface area (Å²) in [6.45, 7) is 1.52. The van der Waals surface area contributed by atoms with E-state index in [1.165, 1.54) is 13.0 Å². The van der Waals surface area contributed by atoms with E-state index < -0.39 is 0 Å². The van der Waals surface area contributed by atoms with Gasteiger partial charge >= 0.3 is 0 Å². The fourth-order valence-electron chi connectivity index (χ4n) is 1.58. The Hall–Kier alpha value is -2.42. The van der Waals surface area contributed by atoms with Gasteiger partial charge in [-0.25, -0.2) is 0 Å². The highest BCUT2D eigenvalue weighted by Crippen LogP contribution is 2.14. The fraction of sp³-hybridized carbons (Fsp3) is 0.0667. The molecular weight excluding hydrogens is 226 g/mol. The molecule has 0 aliphatic rings. The summed E-state index contributed by atoms with van der Waals surface area (Å²) < 4.78 is 0. The molecule has 3 heteroatoms. The first-order chi connectivity index (χ1) is 8.66. The maximum absolute atomic E-state index is 11.7. The molecule has 1 N–H and O–H groups in total. The quantitative estimate of drug-likeness (QED) is 0.837. The summed E-state index contributed by atoms with van der Waals surface area (Å²) in [4.78, 5) is 22.8. The molecule has 0 atom stereocenters. The lowest BCUT2D eigenvalue weighted by atomic mass is 10.1. The number of hydrogen-bond acceptors (Lipinski definition) is 3. The molecule has 0 spiro atoms. The molecule has 0 bridgehead atoms. The molecule has 0 heterocycles. The van der Waals surface area contributed by atoms with Gasteiger partial charge in [0.05, 0.1) is 5.69 Å². The van der Waals surface area contributed by atoms with Crippen molar-refractivity contribution in [2.45, 2.75) is 6.92 Å². The van der Waals surface area contributed by atoms with Crippen molar-refractivity contribution in [1.82, 2.24) is 0 Å². The number of benzene rings is 1. The molecule has 0 amide bonds. The first-order valence-electron chi connectivity index (χ1n) is 5.64. The normalized spacial score (nSPS) is 9.83. The lowest BCUT2D eigenvalue weighted by Gasteiger charge is -2.04. The fourth-order valence-corrected chi connectivity index (χ4v) is 1.58. The predicted molar refractivity (Wildman–Crippen MR) is 72.4 cm³/mol. The number of rotatable bonds is 3. The lowest BCUT2D eigenvalue weighted by molar-refractivity contribution is 0.101. The molecule has 18 heavy (non-hydrogen) atoms. The van der Waals surface area contributed by atoms with Crippen LogP contribution in [0.2, 0.25) is 0 Å². The van der Waals surface area contributed by atoms with Crippen LogP contribution in [-0.4, -0.2) is 5.78 Å². The van der Waals surface area contributed by atoms with Crippen LogP contribution in [0.25, 0.3) is 0 Å². The molecule has 0 radical (unpaired) electrons. The third-order valence-corrected chi connectivity index (χ3v) is 2.57. The van der Waals surface area contributed by atoms with Crippen molar-refractivity contribution in [3.8, 4) is 0 Å². The number of anilines is 2. The molecule has 0 saturated heterocycles. The van der Waals surface area contributed by atoms with Crippen molar-refractivity contribution in [2.24, 2.45) is 0 Å². The van der Waals surface area contributed by atoms with Gasteiger partial charge in [-0.1, -0.05) is 18.2 Å². The molecule has 0 unspecified atom stereocenters. The Balaban J connectivity index is 2.27. The molecule has 0 aromatic heterocycles. The second-order valence-electron chi connectivity index (χ2n) is 3.95. The highest BCUT2D eigenvalue weighted by molar-refractivity contribution is 5.94. The lowest BCUT2D eigenvalue weighted by Crippen LogP contribution is -2.03. The topological polar surface area (TPSA) is 46.2 Å². The summed E-state index contributed by atoms with van der Waals surface area (Å²) in [5, 5.41) is 3.03. The zero-order chi connectivity index (χ0) is 13.0. The highest BCUT2D eigenvalue weighted by atomic mass is 16.1. The Kier molecular flexibility index (Phi) is 3.53.